The van der Waals surface area contributed by atoms with Crippen molar-refractivity contribution in [1.29, 1.82) is 0 Å². The fourth-order valence-electron chi connectivity index (χ4n) is 1.38. The summed E-state index contributed by atoms with van der Waals surface area (Å²) in [7, 11) is -3.58. The van der Waals surface area contributed by atoms with E-state index < -0.39 is 20.6 Å². The quantitative estimate of drug-likeness (QED) is 0.633. The van der Waals surface area contributed by atoms with Crippen LogP contribution in [-0.4, -0.2) is 13.3 Å². The predicted molar refractivity (Wildman–Crippen MR) is 68.0 cm³/mol. The van der Waals surface area contributed by atoms with Crippen molar-refractivity contribution >= 4 is 21.8 Å². The lowest BCUT2D eigenvalue weighted by atomic mass is 10.4. The van der Waals surface area contributed by atoms with Gasteiger partial charge in [0.05, 0.1) is 11.0 Å². The minimum atomic E-state index is -3.58. The molecule has 0 aliphatic rings. The molecule has 0 atom stereocenters. The van der Waals surface area contributed by atoms with E-state index in [1.807, 2.05) is 0 Å². The van der Waals surface area contributed by atoms with Gasteiger partial charge in [0.25, 0.3) is 0 Å². The molecule has 7 heteroatoms. The standard InChI is InChI=1S/C12H9NO5S/c14-13(15)12-7-6-10(18-12)8-9-19(16,17)11-4-2-1-3-5-11/h1-9H/b9-8-. The summed E-state index contributed by atoms with van der Waals surface area (Å²) < 4.78 is 28.6. The number of rotatable bonds is 4. The topological polar surface area (TPSA) is 90.4 Å². The van der Waals surface area contributed by atoms with E-state index in [0.29, 0.717) is 0 Å². The number of nitrogens with zero attached hydrogens (tertiary/aromatic N) is 1. The summed E-state index contributed by atoms with van der Waals surface area (Å²) in [5.41, 5.74) is 0. The lowest BCUT2D eigenvalue weighted by Crippen LogP contribution is -1.94. The van der Waals surface area contributed by atoms with E-state index in [9.17, 15) is 18.5 Å². The zero-order valence-corrected chi connectivity index (χ0v) is 10.4. The molecule has 1 aromatic heterocycles. The molecule has 0 fully saturated rings. The van der Waals surface area contributed by atoms with Gasteiger partial charge in [-0.2, -0.15) is 0 Å². The van der Waals surface area contributed by atoms with Crippen LogP contribution in [-0.2, 0) is 9.84 Å². The van der Waals surface area contributed by atoms with Crippen molar-refractivity contribution in [1.82, 2.24) is 0 Å². The van der Waals surface area contributed by atoms with Crippen molar-refractivity contribution in [3.8, 4) is 0 Å². The SMILES string of the molecule is O=[N+]([O-])c1ccc(/C=C\S(=O)(=O)c2ccccc2)o1. The molecule has 0 aliphatic carbocycles. The van der Waals surface area contributed by atoms with Crippen LogP contribution in [0.25, 0.3) is 6.08 Å². The second kappa shape index (κ2) is 5.07. The molecule has 1 heterocycles. The first-order chi connectivity index (χ1) is 8.99. The summed E-state index contributed by atoms with van der Waals surface area (Å²) in [5, 5.41) is 11.4. The molecule has 0 N–H and O–H groups in total. The van der Waals surface area contributed by atoms with Crippen LogP contribution < -0.4 is 0 Å². The molecule has 0 radical (unpaired) electrons. The number of sulfone groups is 1. The molecule has 19 heavy (non-hydrogen) atoms. The van der Waals surface area contributed by atoms with Gasteiger partial charge >= 0.3 is 5.88 Å². The largest absolute Gasteiger partial charge is 0.433 e. The molecule has 0 bridgehead atoms. The molecule has 2 rings (SSSR count). The van der Waals surface area contributed by atoms with Gasteiger partial charge in [0.15, 0.2) is 9.84 Å². The van der Waals surface area contributed by atoms with Gasteiger partial charge in [0.2, 0.25) is 0 Å². The van der Waals surface area contributed by atoms with E-state index in [2.05, 4.69) is 0 Å². The zero-order valence-electron chi connectivity index (χ0n) is 9.59. The molecule has 0 saturated heterocycles. The highest BCUT2D eigenvalue weighted by atomic mass is 32.2. The number of hydrogen-bond donors (Lipinski definition) is 0. The van der Waals surface area contributed by atoms with E-state index in [0.717, 1.165) is 11.5 Å². The van der Waals surface area contributed by atoms with Crippen molar-refractivity contribution in [2.75, 3.05) is 0 Å². The molecule has 0 aliphatic heterocycles. The number of furan rings is 1. The second-order valence-electron chi connectivity index (χ2n) is 3.59. The summed E-state index contributed by atoms with van der Waals surface area (Å²) in [6, 6.07) is 10.3. The maximum absolute atomic E-state index is 11.9. The number of hydrogen-bond acceptors (Lipinski definition) is 5. The van der Waals surface area contributed by atoms with Gasteiger partial charge in [-0.25, -0.2) is 8.42 Å². The molecule has 1 aromatic carbocycles. The Labute approximate surface area is 109 Å². The molecule has 0 unspecified atom stereocenters. The maximum Gasteiger partial charge on any atom is 0.433 e. The Kier molecular flexibility index (Phi) is 3.48. The zero-order chi connectivity index (χ0) is 13.9. The smallest absolute Gasteiger partial charge is 0.401 e. The summed E-state index contributed by atoms with van der Waals surface area (Å²) in [4.78, 5) is 9.86. The molecule has 0 amide bonds. The van der Waals surface area contributed by atoms with E-state index >= 15 is 0 Å². The summed E-state index contributed by atoms with van der Waals surface area (Å²) >= 11 is 0. The Hall–Kier alpha value is -2.41. The Morgan fingerprint density at radius 2 is 1.79 bits per heavy atom. The molecular weight excluding hydrogens is 270 g/mol. The van der Waals surface area contributed by atoms with Crippen LogP contribution in [0, 0.1) is 10.1 Å². The maximum atomic E-state index is 11.9. The van der Waals surface area contributed by atoms with Crippen LogP contribution in [0.1, 0.15) is 5.76 Å². The van der Waals surface area contributed by atoms with Gasteiger partial charge in [-0.15, -0.1) is 0 Å². The minimum absolute atomic E-state index is 0.103. The van der Waals surface area contributed by atoms with E-state index in [-0.39, 0.29) is 10.7 Å². The monoisotopic (exact) mass is 279 g/mol. The Morgan fingerprint density at radius 1 is 1.11 bits per heavy atom. The first-order valence-corrected chi connectivity index (χ1v) is 6.76. The lowest BCUT2D eigenvalue weighted by Gasteiger charge is -1.96. The minimum Gasteiger partial charge on any atom is -0.401 e. The normalized spacial score (nSPS) is 11.8. The summed E-state index contributed by atoms with van der Waals surface area (Å²) in [6.07, 6.45) is 1.18. The van der Waals surface area contributed by atoms with Crippen molar-refractivity contribution in [3.63, 3.8) is 0 Å². The third-order valence-electron chi connectivity index (χ3n) is 2.28. The van der Waals surface area contributed by atoms with E-state index in [1.54, 1.807) is 18.2 Å². The average Bonchev–Trinajstić information content (AvgIpc) is 2.87. The molecule has 6 nitrogen and oxygen atoms in total. The summed E-state index contributed by atoms with van der Waals surface area (Å²) in [6.45, 7) is 0. The average molecular weight is 279 g/mol. The van der Waals surface area contributed by atoms with Crippen molar-refractivity contribution in [2.24, 2.45) is 0 Å². The third kappa shape index (κ3) is 3.08. The highest BCUT2D eigenvalue weighted by Gasteiger charge is 2.12. The van der Waals surface area contributed by atoms with Gasteiger partial charge in [-0.05, 0) is 24.3 Å². The highest BCUT2D eigenvalue weighted by molar-refractivity contribution is 7.94. The molecule has 0 saturated carbocycles. The molecule has 98 valence electrons. The fraction of sp³-hybridized carbons (Fsp3) is 0. The number of benzene rings is 1. The lowest BCUT2D eigenvalue weighted by molar-refractivity contribution is -0.402. The predicted octanol–water partition coefficient (Wildman–Crippen LogP) is 2.63. The Balaban J connectivity index is 2.25. The van der Waals surface area contributed by atoms with Crippen molar-refractivity contribution in [3.05, 3.63) is 63.7 Å². The van der Waals surface area contributed by atoms with Gasteiger partial charge in [0.1, 0.15) is 10.7 Å². The first kappa shape index (κ1) is 13.0. The Morgan fingerprint density at radius 3 is 2.37 bits per heavy atom. The summed E-state index contributed by atoms with van der Waals surface area (Å²) in [5.74, 6) is -0.331. The second-order valence-corrected chi connectivity index (χ2v) is 5.43. The van der Waals surface area contributed by atoms with Gasteiger partial charge in [-0.3, -0.25) is 10.1 Å². The van der Waals surface area contributed by atoms with Crippen LogP contribution in [0.4, 0.5) is 5.88 Å². The molecular formula is C12H9NO5S. The third-order valence-corrected chi connectivity index (χ3v) is 3.70. The van der Waals surface area contributed by atoms with Gasteiger partial charge in [-0.1, -0.05) is 18.2 Å². The highest BCUT2D eigenvalue weighted by Crippen LogP contribution is 2.18. The molecule has 2 aromatic rings. The Bertz CT molecular complexity index is 716. The van der Waals surface area contributed by atoms with Gasteiger partial charge in [0, 0.05) is 5.41 Å². The van der Waals surface area contributed by atoms with Crippen LogP contribution in [0.2, 0.25) is 0 Å². The van der Waals surface area contributed by atoms with Gasteiger partial charge < -0.3 is 4.42 Å². The van der Waals surface area contributed by atoms with Crippen LogP contribution in [0.5, 0.6) is 0 Å². The number of nitro groups is 1. The van der Waals surface area contributed by atoms with Crippen LogP contribution >= 0.6 is 0 Å². The van der Waals surface area contributed by atoms with Crippen LogP contribution in [0.15, 0.2) is 57.2 Å². The fourth-order valence-corrected chi connectivity index (χ4v) is 2.38. The van der Waals surface area contributed by atoms with E-state index in [1.165, 1.54) is 24.3 Å². The first-order valence-electron chi connectivity index (χ1n) is 5.21. The molecule has 0 spiro atoms. The van der Waals surface area contributed by atoms with E-state index in [4.69, 9.17) is 4.42 Å². The van der Waals surface area contributed by atoms with Crippen molar-refractivity contribution < 1.29 is 17.8 Å². The van der Waals surface area contributed by atoms with Crippen molar-refractivity contribution in [2.45, 2.75) is 4.90 Å². The van der Waals surface area contributed by atoms with Crippen LogP contribution in [0.3, 0.4) is 0 Å².